The second kappa shape index (κ2) is 8.60. The van der Waals surface area contributed by atoms with Gasteiger partial charge in [0.1, 0.15) is 17.2 Å². The molecule has 2 N–H and O–H groups in total. The number of carboxylic acid groups (broad SMARTS) is 1. The van der Waals surface area contributed by atoms with Gasteiger partial charge in [-0.25, -0.2) is 13.6 Å². The summed E-state index contributed by atoms with van der Waals surface area (Å²) in [6.07, 6.45) is 3.10. The molecule has 0 aliphatic carbocycles. The first-order valence-electron chi connectivity index (χ1n) is 9.84. The molecule has 158 valence electrons. The molecule has 1 aliphatic heterocycles. The Balaban J connectivity index is 1.78. The summed E-state index contributed by atoms with van der Waals surface area (Å²) in [6.45, 7) is 0.514. The molecular weight excluding hydrogens is 400 g/mol. The largest absolute Gasteiger partial charge is 0.494 e. The lowest BCUT2D eigenvalue weighted by molar-refractivity contribution is 0.0693. The summed E-state index contributed by atoms with van der Waals surface area (Å²) >= 11 is 0. The van der Waals surface area contributed by atoms with E-state index < -0.39 is 5.97 Å². The van der Waals surface area contributed by atoms with Crippen LogP contribution in [0.3, 0.4) is 0 Å². The fraction of sp³-hybridized carbons (Fsp3) is 0.160. The topological polar surface area (TPSA) is 58.6 Å². The van der Waals surface area contributed by atoms with Gasteiger partial charge in [0.15, 0.2) is 5.75 Å². The third kappa shape index (κ3) is 4.43. The molecule has 0 spiro atoms. The first-order valence-corrected chi connectivity index (χ1v) is 9.84. The van der Waals surface area contributed by atoms with Crippen molar-refractivity contribution in [3.05, 3.63) is 99.6 Å². The molecule has 0 saturated heterocycles. The van der Waals surface area contributed by atoms with Gasteiger partial charge >= 0.3 is 5.97 Å². The lowest BCUT2D eigenvalue weighted by Gasteiger charge is -2.25. The molecule has 4 rings (SSSR count). The Kier molecular flexibility index (Phi) is 5.71. The molecule has 0 unspecified atom stereocenters. The normalized spacial score (nSPS) is 12.5. The second-order valence-corrected chi connectivity index (χ2v) is 7.47. The number of hydrogen-bond acceptors (Lipinski definition) is 3. The maximum atomic E-state index is 13.3. The van der Waals surface area contributed by atoms with E-state index in [-0.39, 0.29) is 22.9 Å². The van der Waals surface area contributed by atoms with Gasteiger partial charge in [-0.05, 0) is 65.4 Å². The molecule has 0 atom stereocenters. The van der Waals surface area contributed by atoms with E-state index in [1.54, 1.807) is 30.3 Å². The SMILES string of the molecule is COc1c(C(=O)O)cc(Cc2ccc(F)cc2)c2c1NCC(Cc1ccc(F)cc1)=C2. The summed E-state index contributed by atoms with van der Waals surface area (Å²) in [5, 5.41) is 13.0. The van der Waals surface area contributed by atoms with Crippen LogP contribution in [0.5, 0.6) is 5.75 Å². The molecule has 1 heterocycles. The average Bonchev–Trinajstić information content (AvgIpc) is 2.76. The first-order chi connectivity index (χ1) is 14.9. The van der Waals surface area contributed by atoms with E-state index in [4.69, 9.17) is 4.74 Å². The number of carbonyl (C=O) groups is 1. The molecule has 4 nitrogen and oxygen atoms in total. The highest BCUT2D eigenvalue weighted by Crippen LogP contribution is 2.40. The van der Waals surface area contributed by atoms with Crippen LogP contribution in [0.25, 0.3) is 6.08 Å². The molecule has 3 aromatic carbocycles. The average molecular weight is 421 g/mol. The predicted molar refractivity (Wildman–Crippen MR) is 116 cm³/mol. The Morgan fingerprint density at radius 1 is 1.00 bits per heavy atom. The summed E-state index contributed by atoms with van der Waals surface area (Å²) in [5.41, 5.74) is 5.25. The minimum absolute atomic E-state index is 0.0706. The number of halogens is 2. The predicted octanol–water partition coefficient (Wildman–Crippen LogP) is 5.31. The Bertz CT molecular complexity index is 1150. The molecule has 31 heavy (non-hydrogen) atoms. The Labute approximate surface area is 178 Å². The van der Waals surface area contributed by atoms with Crippen LogP contribution in [-0.2, 0) is 12.8 Å². The van der Waals surface area contributed by atoms with Crippen LogP contribution >= 0.6 is 0 Å². The molecule has 0 fully saturated rings. The number of benzene rings is 3. The van der Waals surface area contributed by atoms with E-state index in [0.29, 0.717) is 25.1 Å². The monoisotopic (exact) mass is 421 g/mol. The molecule has 0 bridgehead atoms. The van der Waals surface area contributed by atoms with E-state index in [2.05, 4.69) is 5.32 Å². The van der Waals surface area contributed by atoms with Gasteiger partial charge in [-0.1, -0.05) is 30.3 Å². The molecule has 3 aromatic rings. The van der Waals surface area contributed by atoms with Gasteiger partial charge in [0.2, 0.25) is 0 Å². The van der Waals surface area contributed by atoms with Gasteiger partial charge in [0, 0.05) is 12.1 Å². The van der Waals surface area contributed by atoms with Crippen molar-refractivity contribution in [2.24, 2.45) is 0 Å². The molecule has 0 aromatic heterocycles. The van der Waals surface area contributed by atoms with E-state index in [9.17, 15) is 18.7 Å². The van der Waals surface area contributed by atoms with Crippen molar-refractivity contribution in [2.75, 3.05) is 19.0 Å². The van der Waals surface area contributed by atoms with E-state index in [1.165, 1.54) is 31.4 Å². The quantitative estimate of drug-likeness (QED) is 0.566. The van der Waals surface area contributed by atoms with Crippen molar-refractivity contribution < 1.29 is 23.4 Å². The third-order valence-corrected chi connectivity index (χ3v) is 5.33. The number of aromatic carboxylic acids is 1. The fourth-order valence-corrected chi connectivity index (χ4v) is 3.85. The van der Waals surface area contributed by atoms with Crippen LogP contribution in [0.1, 0.15) is 32.6 Å². The Morgan fingerprint density at radius 2 is 1.58 bits per heavy atom. The van der Waals surface area contributed by atoms with Crippen LogP contribution in [-0.4, -0.2) is 24.7 Å². The summed E-state index contributed by atoms with van der Waals surface area (Å²) < 4.78 is 32.0. The Hall–Kier alpha value is -3.67. The van der Waals surface area contributed by atoms with Crippen LogP contribution in [0.15, 0.2) is 60.2 Å². The zero-order valence-corrected chi connectivity index (χ0v) is 16.9. The first kappa shape index (κ1) is 20.6. The summed E-state index contributed by atoms with van der Waals surface area (Å²) in [7, 11) is 1.45. The lowest BCUT2D eigenvalue weighted by Crippen LogP contribution is -2.17. The summed E-state index contributed by atoms with van der Waals surface area (Å²) in [6, 6.07) is 14.1. The van der Waals surface area contributed by atoms with Crippen molar-refractivity contribution in [3.8, 4) is 5.75 Å². The summed E-state index contributed by atoms with van der Waals surface area (Å²) in [5.74, 6) is -1.41. The number of anilines is 1. The molecule has 0 saturated carbocycles. The zero-order valence-electron chi connectivity index (χ0n) is 16.9. The highest BCUT2D eigenvalue weighted by Gasteiger charge is 2.24. The number of rotatable bonds is 6. The molecular formula is C25H21F2NO3. The van der Waals surface area contributed by atoms with Crippen molar-refractivity contribution in [1.29, 1.82) is 0 Å². The van der Waals surface area contributed by atoms with E-state index >= 15 is 0 Å². The minimum Gasteiger partial charge on any atom is -0.494 e. The van der Waals surface area contributed by atoms with Crippen molar-refractivity contribution in [2.45, 2.75) is 12.8 Å². The lowest BCUT2D eigenvalue weighted by atomic mass is 9.90. The van der Waals surface area contributed by atoms with Gasteiger partial charge in [-0.15, -0.1) is 0 Å². The maximum absolute atomic E-state index is 13.3. The third-order valence-electron chi connectivity index (χ3n) is 5.33. The fourth-order valence-electron chi connectivity index (χ4n) is 3.85. The van der Waals surface area contributed by atoms with Gasteiger partial charge in [0.05, 0.1) is 12.8 Å². The van der Waals surface area contributed by atoms with Crippen LogP contribution in [0.4, 0.5) is 14.5 Å². The highest BCUT2D eigenvalue weighted by molar-refractivity contribution is 5.96. The van der Waals surface area contributed by atoms with Gasteiger partial charge in [0.25, 0.3) is 0 Å². The van der Waals surface area contributed by atoms with E-state index in [1.807, 2.05) is 6.08 Å². The minimum atomic E-state index is -1.08. The van der Waals surface area contributed by atoms with Crippen molar-refractivity contribution >= 4 is 17.7 Å². The number of nitrogens with one attached hydrogen (secondary N) is 1. The van der Waals surface area contributed by atoms with Crippen LogP contribution in [0, 0.1) is 11.6 Å². The van der Waals surface area contributed by atoms with Crippen molar-refractivity contribution in [3.63, 3.8) is 0 Å². The van der Waals surface area contributed by atoms with E-state index in [0.717, 1.165) is 27.8 Å². The number of hydrogen-bond donors (Lipinski definition) is 2. The van der Waals surface area contributed by atoms with Crippen LogP contribution < -0.4 is 10.1 Å². The zero-order chi connectivity index (χ0) is 22.0. The smallest absolute Gasteiger partial charge is 0.339 e. The Morgan fingerprint density at radius 3 is 2.13 bits per heavy atom. The van der Waals surface area contributed by atoms with Gasteiger partial charge < -0.3 is 15.2 Å². The van der Waals surface area contributed by atoms with Crippen LogP contribution in [0.2, 0.25) is 0 Å². The standard InChI is InChI=1S/C25H21F2NO3/c1-31-24-22(25(29)30)13-18(11-16-4-8-20(27)9-5-16)21-12-17(14-28-23(21)24)10-15-2-6-19(26)7-3-15/h2-9,12-13,28H,10-11,14H2,1H3,(H,29,30). The van der Waals surface area contributed by atoms with Gasteiger partial charge in [-0.3, -0.25) is 0 Å². The molecule has 6 heteroatoms. The number of fused-ring (bicyclic) bond motifs is 1. The molecule has 1 aliphatic rings. The maximum Gasteiger partial charge on any atom is 0.339 e. The van der Waals surface area contributed by atoms with Crippen molar-refractivity contribution in [1.82, 2.24) is 0 Å². The number of methoxy groups -OCH3 is 1. The highest BCUT2D eigenvalue weighted by atomic mass is 19.1. The van der Waals surface area contributed by atoms with Gasteiger partial charge in [-0.2, -0.15) is 0 Å². The summed E-state index contributed by atoms with van der Waals surface area (Å²) in [4.78, 5) is 11.8. The number of ether oxygens (including phenoxy) is 1. The second-order valence-electron chi connectivity index (χ2n) is 7.47. The molecule has 0 amide bonds. The number of carboxylic acids is 1. The molecule has 0 radical (unpaired) electrons.